The first kappa shape index (κ1) is 18.0. The molecule has 24 heavy (non-hydrogen) atoms. The van der Waals surface area contributed by atoms with Gasteiger partial charge in [0.05, 0.1) is 0 Å². The van der Waals surface area contributed by atoms with Crippen molar-refractivity contribution in [3.63, 3.8) is 0 Å². The molecular formula is C24H28. The van der Waals surface area contributed by atoms with Crippen molar-refractivity contribution in [1.29, 1.82) is 0 Å². The maximum absolute atomic E-state index is 4.35. The molecule has 0 amide bonds. The Morgan fingerprint density at radius 2 is 1.29 bits per heavy atom. The molecule has 0 spiro atoms. The van der Waals surface area contributed by atoms with Crippen LogP contribution in [0.25, 0.3) is 16.7 Å². The fraction of sp³-hybridized carbons (Fsp3) is 0.250. The molecule has 0 nitrogen and oxygen atoms in total. The van der Waals surface area contributed by atoms with Gasteiger partial charge in [0.1, 0.15) is 0 Å². The summed E-state index contributed by atoms with van der Waals surface area (Å²) in [5.74, 6) is 0. The van der Waals surface area contributed by atoms with Gasteiger partial charge in [-0.3, -0.25) is 0 Å². The lowest BCUT2D eigenvalue weighted by atomic mass is 9.77. The molecule has 0 aliphatic rings. The molecule has 2 aromatic carbocycles. The van der Waals surface area contributed by atoms with Gasteiger partial charge in [0, 0.05) is 0 Å². The maximum Gasteiger partial charge on any atom is -0.00630 e. The van der Waals surface area contributed by atoms with Gasteiger partial charge in [-0.1, -0.05) is 87.2 Å². The van der Waals surface area contributed by atoms with Crippen LogP contribution in [0.3, 0.4) is 0 Å². The van der Waals surface area contributed by atoms with E-state index in [1.165, 1.54) is 22.3 Å². The molecule has 0 aromatic heterocycles. The Morgan fingerprint density at radius 3 is 1.88 bits per heavy atom. The topological polar surface area (TPSA) is 0 Å². The molecule has 0 fully saturated rings. The summed E-state index contributed by atoms with van der Waals surface area (Å²) in [4.78, 5) is 0. The molecule has 2 aromatic rings. The highest BCUT2D eigenvalue weighted by molar-refractivity contribution is 5.70. The molecule has 0 N–H and O–H groups in total. The molecule has 0 aliphatic heterocycles. The van der Waals surface area contributed by atoms with Crippen molar-refractivity contribution in [1.82, 2.24) is 0 Å². The van der Waals surface area contributed by atoms with Crippen LogP contribution in [0.5, 0.6) is 0 Å². The third kappa shape index (κ3) is 4.14. The number of hydrogen-bond donors (Lipinski definition) is 0. The summed E-state index contributed by atoms with van der Waals surface area (Å²) in [5.41, 5.74) is 8.25. The Hall–Kier alpha value is -2.34. The fourth-order valence-electron chi connectivity index (χ4n) is 2.95. The Labute approximate surface area is 147 Å². The van der Waals surface area contributed by atoms with Crippen LogP contribution in [0.1, 0.15) is 56.4 Å². The van der Waals surface area contributed by atoms with E-state index < -0.39 is 0 Å². The lowest BCUT2D eigenvalue weighted by molar-refractivity contribution is 0.542. The molecule has 0 atom stereocenters. The summed E-state index contributed by atoms with van der Waals surface area (Å²) in [6.07, 6.45) is 0.909. The highest BCUT2D eigenvalue weighted by atomic mass is 14.3. The van der Waals surface area contributed by atoms with Gasteiger partial charge in [-0.25, -0.2) is 0 Å². The fourth-order valence-corrected chi connectivity index (χ4v) is 2.95. The normalized spacial score (nSPS) is 11.2. The first-order chi connectivity index (χ1) is 11.2. The first-order valence-electron chi connectivity index (χ1n) is 8.41. The largest absolute Gasteiger partial charge is 0.0955 e. The highest BCUT2D eigenvalue weighted by Crippen LogP contribution is 2.35. The number of benzene rings is 2. The average Bonchev–Trinajstić information content (AvgIpc) is 2.54. The minimum absolute atomic E-state index is 0.0156. The SMILES string of the molecule is C=C(C)c1cccc(C(=C)CC(C)(C)c2cccc(C(=C)C)c2)c1. The smallest absolute Gasteiger partial charge is 0.00630 e. The van der Waals surface area contributed by atoms with Crippen molar-refractivity contribution in [2.75, 3.05) is 0 Å². The lowest BCUT2D eigenvalue weighted by Gasteiger charge is -2.27. The zero-order valence-corrected chi connectivity index (χ0v) is 15.4. The Bertz CT molecular complexity index is 787. The standard InChI is InChI=1S/C24H28/c1-17(2)20-10-8-12-22(14-20)19(5)16-24(6,7)23-13-9-11-21(15-23)18(3)4/h8-15H,1,3,5,16H2,2,4,6-7H3. The molecular weight excluding hydrogens is 288 g/mol. The van der Waals surface area contributed by atoms with E-state index in [2.05, 4.69) is 82.1 Å². The molecule has 2 rings (SSSR count). The molecule has 0 saturated carbocycles. The van der Waals surface area contributed by atoms with Crippen LogP contribution in [-0.4, -0.2) is 0 Å². The van der Waals surface area contributed by atoms with Gasteiger partial charge in [-0.2, -0.15) is 0 Å². The number of allylic oxidation sites excluding steroid dienone is 3. The van der Waals surface area contributed by atoms with Crippen LogP contribution >= 0.6 is 0 Å². The van der Waals surface area contributed by atoms with E-state index in [1.54, 1.807) is 0 Å². The quantitative estimate of drug-likeness (QED) is 0.531. The molecule has 124 valence electrons. The van der Waals surface area contributed by atoms with Crippen molar-refractivity contribution >= 4 is 16.7 Å². The van der Waals surface area contributed by atoms with Crippen molar-refractivity contribution < 1.29 is 0 Å². The van der Waals surface area contributed by atoms with Crippen LogP contribution in [0.4, 0.5) is 0 Å². The van der Waals surface area contributed by atoms with Gasteiger partial charge < -0.3 is 0 Å². The second-order valence-electron chi connectivity index (χ2n) is 7.39. The van der Waals surface area contributed by atoms with Crippen molar-refractivity contribution in [3.05, 3.63) is 90.5 Å². The predicted octanol–water partition coefficient (Wildman–Crippen LogP) is 7.13. The second kappa shape index (κ2) is 7.05. The van der Waals surface area contributed by atoms with Crippen molar-refractivity contribution in [3.8, 4) is 0 Å². The number of hydrogen-bond acceptors (Lipinski definition) is 0. The zero-order chi connectivity index (χ0) is 17.9. The Balaban J connectivity index is 2.26. The van der Waals surface area contributed by atoms with E-state index >= 15 is 0 Å². The molecule has 0 heterocycles. The van der Waals surface area contributed by atoms with E-state index in [1.807, 2.05) is 13.8 Å². The second-order valence-corrected chi connectivity index (χ2v) is 7.39. The van der Waals surface area contributed by atoms with Crippen LogP contribution < -0.4 is 0 Å². The van der Waals surface area contributed by atoms with Crippen LogP contribution in [0, 0.1) is 0 Å². The molecule has 0 aliphatic carbocycles. The van der Waals surface area contributed by atoms with Gasteiger partial charge in [-0.05, 0) is 59.6 Å². The van der Waals surface area contributed by atoms with Gasteiger partial charge in [0.15, 0.2) is 0 Å². The van der Waals surface area contributed by atoms with E-state index in [0.717, 1.165) is 23.1 Å². The predicted molar refractivity (Wildman–Crippen MR) is 109 cm³/mol. The van der Waals surface area contributed by atoms with Crippen LogP contribution in [0.15, 0.2) is 68.3 Å². The monoisotopic (exact) mass is 316 g/mol. The summed E-state index contributed by atoms with van der Waals surface area (Å²) in [5, 5.41) is 0. The minimum atomic E-state index is 0.0156. The molecule has 0 radical (unpaired) electrons. The molecule has 0 bridgehead atoms. The van der Waals surface area contributed by atoms with Crippen LogP contribution in [-0.2, 0) is 5.41 Å². The van der Waals surface area contributed by atoms with E-state index in [4.69, 9.17) is 0 Å². The third-order valence-electron chi connectivity index (χ3n) is 4.56. The lowest BCUT2D eigenvalue weighted by Crippen LogP contribution is -2.17. The first-order valence-corrected chi connectivity index (χ1v) is 8.41. The summed E-state index contributed by atoms with van der Waals surface area (Å²) >= 11 is 0. The zero-order valence-electron chi connectivity index (χ0n) is 15.4. The Kier molecular flexibility index (Phi) is 5.29. The summed E-state index contributed by atoms with van der Waals surface area (Å²) in [6, 6.07) is 17.2. The van der Waals surface area contributed by atoms with Gasteiger partial charge >= 0.3 is 0 Å². The van der Waals surface area contributed by atoms with E-state index in [0.29, 0.717) is 0 Å². The third-order valence-corrected chi connectivity index (χ3v) is 4.56. The Morgan fingerprint density at radius 1 is 0.792 bits per heavy atom. The van der Waals surface area contributed by atoms with Gasteiger partial charge in [0.2, 0.25) is 0 Å². The summed E-state index contributed by atoms with van der Waals surface area (Å²) in [7, 11) is 0. The van der Waals surface area contributed by atoms with Gasteiger partial charge in [-0.15, -0.1) is 0 Å². The average molecular weight is 316 g/mol. The molecule has 0 heteroatoms. The number of rotatable bonds is 6. The van der Waals surface area contributed by atoms with E-state index in [-0.39, 0.29) is 5.41 Å². The van der Waals surface area contributed by atoms with Crippen molar-refractivity contribution in [2.24, 2.45) is 0 Å². The van der Waals surface area contributed by atoms with Gasteiger partial charge in [0.25, 0.3) is 0 Å². The van der Waals surface area contributed by atoms with Crippen molar-refractivity contribution in [2.45, 2.75) is 39.5 Å². The minimum Gasteiger partial charge on any atom is -0.0955 e. The molecule has 0 unspecified atom stereocenters. The maximum atomic E-state index is 4.35. The van der Waals surface area contributed by atoms with Crippen LogP contribution in [0.2, 0.25) is 0 Å². The summed E-state index contributed by atoms with van der Waals surface area (Å²) < 4.78 is 0. The summed E-state index contributed by atoms with van der Waals surface area (Å²) in [6.45, 7) is 21.1. The van der Waals surface area contributed by atoms with E-state index in [9.17, 15) is 0 Å². The highest BCUT2D eigenvalue weighted by Gasteiger charge is 2.22. The molecule has 0 saturated heterocycles.